The van der Waals surface area contributed by atoms with Gasteiger partial charge in [0.2, 0.25) is 5.91 Å². The van der Waals surface area contributed by atoms with Gasteiger partial charge in [-0.05, 0) is 31.4 Å². The molecule has 3 N–H and O–H groups in total. The molecule has 1 aliphatic carbocycles. The van der Waals surface area contributed by atoms with Crippen LogP contribution in [0.2, 0.25) is 5.02 Å². The monoisotopic (exact) mass is 309 g/mol. The Labute approximate surface area is 129 Å². The van der Waals surface area contributed by atoms with Gasteiger partial charge in [-0.2, -0.15) is 0 Å². The van der Waals surface area contributed by atoms with Gasteiger partial charge in [0.05, 0.1) is 0 Å². The van der Waals surface area contributed by atoms with Crippen LogP contribution in [-0.4, -0.2) is 29.4 Å². The summed E-state index contributed by atoms with van der Waals surface area (Å²) in [6.45, 7) is 2.67. The van der Waals surface area contributed by atoms with Crippen LogP contribution in [-0.2, 0) is 4.79 Å². The average molecular weight is 310 g/mol. The topological polar surface area (TPSA) is 75.4 Å². The summed E-state index contributed by atoms with van der Waals surface area (Å²) < 4.78 is 0. The lowest BCUT2D eigenvalue weighted by Gasteiger charge is -2.29. The second-order valence-electron chi connectivity index (χ2n) is 5.33. The van der Waals surface area contributed by atoms with Crippen LogP contribution < -0.4 is 11.1 Å². The summed E-state index contributed by atoms with van der Waals surface area (Å²) in [5, 5.41) is 2.83. The smallest absolute Gasteiger partial charge is 0.318 e. The Bertz CT molecular complexity index is 531. The van der Waals surface area contributed by atoms with Gasteiger partial charge in [0.25, 0.3) is 0 Å². The molecule has 21 heavy (non-hydrogen) atoms. The number of benzene rings is 1. The third-order valence-electron chi connectivity index (χ3n) is 3.73. The summed E-state index contributed by atoms with van der Waals surface area (Å²) in [6, 6.07) is 7.55. The van der Waals surface area contributed by atoms with E-state index in [1.54, 1.807) is 0 Å². The van der Waals surface area contributed by atoms with Crippen molar-refractivity contribution < 1.29 is 9.59 Å². The van der Waals surface area contributed by atoms with E-state index in [0.717, 1.165) is 23.4 Å². The highest BCUT2D eigenvalue weighted by Gasteiger charge is 2.33. The summed E-state index contributed by atoms with van der Waals surface area (Å²) in [5.41, 5.74) is 6.00. The Balaban J connectivity index is 2.00. The first-order chi connectivity index (χ1) is 9.99. The van der Waals surface area contributed by atoms with Crippen LogP contribution >= 0.6 is 11.6 Å². The fraction of sp³-hybridized carbons (Fsp3) is 0.467. The van der Waals surface area contributed by atoms with Gasteiger partial charge in [-0.25, -0.2) is 4.79 Å². The van der Waals surface area contributed by atoms with Crippen molar-refractivity contribution in [2.45, 2.75) is 38.3 Å². The van der Waals surface area contributed by atoms with Crippen LogP contribution in [0.4, 0.5) is 4.79 Å². The number of nitrogens with zero attached hydrogens (tertiary/aromatic N) is 1. The molecule has 6 heteroatoms. The van der Waals surface area contributed by atoms with E-state index in [0.29, 0.717) is 12.6 Å². The van der Waals surface area contributed by atoms with E-state index < -0.39 is 6.03 Å². The molecule has 0 saturated heterocycles. The maximum absolute atomic E-state index is 11.6. The van der Waals surface area contributed by atoms with Gasteiger partial charge in [0, 0.05) is 30.1 Å². The standard InChI is InChI=1S/C15H20ClN3O2/c1-10(12-4-2-3-5-13(12)16)19(11-6-7-11)9-8-14(20)18-15(17)21/h2-5,10-11H,6-9H2,1H3,(H3,17,18,20,21)/t10-/m0/s1. The number of carbonyl (C=O) groups is 2. The van der Waals surface area contributed by atoms with E-state index in [1.807, 2.05) is 24.3 Å². The molecule has 2 rings (SSSR count). The fourth-order valence-electron chi connectivity index (χ4n) is 2.52. The van der Waals surface area contributed by atoms with Crippen molar-refractivity contribution in [3.8, 4) is 0 Å². The minimum atomic E-state index is -0.808. The summed E-state index contributed by atoms with van der Waals surface area (Å²) >= 11 is 6.25. The highest BCUT2D eigenvalue weighted by atomic mass is 35.5. The highest BCUT2D eigenvalue weighted by molar-refractivity contribution is 6.31. The fourth-order valence-corrected chi connectivity index (χ4v) is 2.82. The molecule has 0 aliphatic heterocycles. The number of rotatable bonds is 6. The van der Waals surface area contributed by atoms with Crippen LogP contribution in [0.5, 0.6) is 0 Å². The van der Waals surface area contributed by atoms with Crippen LogP contribution in [0.3, 0.4) is 0 Å². The molecule has 1 aromatic carbocycles. The molecule has 1 aromatic rings. The largest absolute Gasteiger partial charge is 0.351 e. The Morgan fingerprint density at radius 3 is 2.67 bits per heavy atom. The van der Waals surface area contributed by atoms with E-state index in [4.69, 9.17) is 17.3 Å². The lowest BCUT2D eigenvalue weighted by atomic mass is 10.1. The van der Waals surface area contributed by atoms with Crippen molar-refractivity contribution in [1.29, 1.82) is 0 Å². The summed E-state index contributed by atoms with van der Waals surface area (Å²) in [5.74, 6) is -0.348. The molecular weight excluding hydrogens is 290 g/mol. The first-order valence-electron chi connectivity index (χ1n) is 7.08. The third-order valence-corrected chi connectivity index (χ3v) is 4.07. The van der Waals surface area contributed by atoms with Crippen LogP contribution in [0.25, 0.3) is 0 Å². The zero-order valence-corrected chi connectivity index (χ0v) is 12.8. The second kappa shape index (κ2) is 6.91. The first kappa shape index (κ1) is 15.8. The van der Waals surface area contributed by atoms with Gasteiger partial charge >= 0.3 is 6.03 Å². The van der Waals surface area contributed by atoms with Crippen molar-refractivity contribution in [1.82, 2.24) is 10.2 Å². The van der Waals surface area contributed by atoms with Gasteiger partial charge in [-0.1, -0.05) is 29.8 Å². The van der Waals surface area contributed by atoms with Gasteiger partial charge < -0.3 is 5.73 Å². The van der Waals surface area contributed by atoms with E-state index in [1.165, 1.54) is 0 Å². The normalized spacial score (nSPS) is 15.8. The quantitative estimate of drug-likeness (QED) is 0.847. The second-order valence-corrected chi connectivity index (χ2v) is 5.74. The molecule has 0 unspecified atom stereocenters. The zero-order chi connectivity index (χ0) is 15.4. The molecule has 0 radical (unpaired) electrons. The predicted octanol–water partition coefficient (Wildman–Crippen LogP) is 2.45. The first-order valence-corrected chi connectivity index (χ1v) is 7.46. The number of halogens is 1. The molecule has 114 valence electrons. The van der Waals surface area contributed by atoms with Gasteiger partial charge in [0.1, 0.15) is 0 Å². The predicted molar refractivity (Wildman–Crippen MR) is 81.9 cm³/mol. The molecule has 3 amide bonds. The molecule has 1 saturated carbocycles. The number of nitrogens with one attached hydrogen (secondary N) is 1. The van der Waals surface area contributed by atoms with Crippen LogP contribution in [0, 0.1) is 0 Å². The summed E-state index contributed by atoms with van der Waals surface area (Å²) in [6.07, 6.45) is 2.51. The molecule has 0 heterocycles. The highest BCUT2D eigenvalue weighted by Crippen LogP contribution is 2.36. The molecule has 5 nitrogen and oxygen atoms in total. The van der Waals surface area contributed by atoms with E-state index >= 15 is 0 Å². The third kappa shape index (κ3) is 4.44. The number of amides is 3. The number of urea groups is 1. The lowest BCUT2D eigenvalue weighted by molar-refractivity contribution is -0.120. The zero-order valence-electron chi connectivity index (χ0n) is 12.0. The van der Waals surface area contributed by atoms with Gasteiger partial charge in [-0.3, -0.25) is 15.0 Å². The number of carbonyl (C=O) groups excluding carboxylic acids is 2. The number of hydrogen-bond acceptors (Lipinski definition) is 3. The maximum Gasteiger partial charge on any atom is 0.318 e. The van der Waals surface area contributed by atoms with Crippen molar-refractivity contribution in [2.24, 2.45) is 5.73 Å². The Morgan fingerprint density at radius 1 is 1.43 bits per heavy atom. The SMILES string of the molecule is C[C@@H](c1ccccc1Cl)N(CCC(=O)NC(N)=O)C1CC1. The minimum Gasteiger partial charge on any atom is -0.351 e. The van der Waals surface area contributed by atoms with Gasteiger partial charge in [-0.15, -0.1) is 0 Å². The average Bonchev–Trinajstić information content (AvgIpc) is 3.23. The molecule has 1 fully saturated rings. The molecule has 0 bridgehead atoms. The van der Waals surface area contributed by atoms with Crippen LogP contribution in [0.1, 0.15) is 37.8 Å². The summed E-state index contributed by atoms with van der Waals surface area (Å²) in [4.78, 5) is 24.5. The van der Waals surface area contributed by atoms with E-state index in [-0.39, 0.29) is 18.4 Å². The Morgan fingerprint density at radius 2 is 2.10 bits per heavy atom. The van der Waals surface area contributed by atoms with Crippen LogP contribution in [0.15, 0.2) is 24.3 Å². The molecule has 1 aliphatic rings. The molecule has 0 aromatic heterocycles. The number of primary amides is 1. The molecule has 0 spiro atoms. The molecule has 1 atom stereocenters. The minimum absolute atomic E-state index is 0.132. The molecular formula is C15H20ClN3O2. The van der Waals surface area contributed by atoms with Crippen molar-refractivity contribution in [3.05, 3.63) is 34.9 Å². The van der Waals surface area contributed by atoms with Gasteiger partial charge in [0.15, 0.2) is 0 Å². The van der Waals surface area contributed by atoms with E-state index in [2.05, 4.69) is 17.1 Å². The Hall–Kier alpha value is -1.59. The van der Waals surface area contributed by atoms with Crippen molar-refractivity contribution >= 4 is 23.5 Å². The van der Waals surface area contributed by atoms with Crippen molar-refractivity contribution in [3.63, 3.8) is 0 Å². The number of imide groups is 1. The van der Waals surface area contributed by atoms with Crippen molar-refractivity contribution in [2.75, 3.05) is 6.54 Å². The summed E-state index contributed by atoms with van der Waals surface area (Å²) in [7, 11) is 0. The maximum atomic E-state index is 11.6. The Kier molecular flexibility index (Phi) is 5.20. The number of hydrogen-bond donors (Lipinski definition) is 2. The number of nitrogens with two attached hydrogens (primary N) is 1. The lowest BCUT2D eigenvalue weighted by Crippen LogP contribution is -2.38. The van der Waals surface area contributed by atoms with E-state index in [9.17, 15) is 9.59 Å².